The number of carbonyl (C=O) groups is 2. The smallest absolute Gasteiger partial charge is 0.475 e. The average molecular weight is 527 g/mol. The van der Waals surface area contributed by atoms with Gasteiger partial charge in [0.25, 0.3) is 5.91 Å². The number of sulfone groups is 1. The first-order chi connectivity index (χ1) is 16.9. The van der Waals surface area contributed by atoms with Gasteiger partial charge in [0.15, 0.2) is 9.84 Å². The van der Waals surface area contributed by atoms with Gasteiger partial charge in [-0.25, -0.2) is 13.2 Å². The zero-order valence-electron chi connectivity index (χ0n) is 19.8. The molecule has 0 unspecified atom stereocenters. The highest BCUT2D eigenvalue weighted by molar-refractivity contribution is 7.92. The predicted molar refractivity (Wildman–Crippen MR) is 128 cm³/mol. The molecule has 0 aliphatic carbocycles. The number of halogens is 3. The Balaban J connectivity index is 0.000000454. The van der Waals surface area contributed by atoms with Crippen LogP contribution in [0.4, 0.5) is 13.2 Å². The second-order valence-corrected chi connectivity index (χ2v) is 11.3. The molecule has 2 atom stereocenters. The molecule has 0 saturated carbocycles. The van der Waals surface area contributed by atoms with Crippen molar-refractivity contribution in [2.45, 2.75) is 43.8 Å². The van der Waals surface area contributed by atoms with Gasteiger partial charge in [-0.1, -0.05) is 48.0 Å². The minimum atomic E-state index is -5.08. The summed E-state index contributed by atoms with van der Waals surface area (Å²) in [5.74, 6) is -2.75. The minimum absolute atomic E-state index is 0.0531. The lowest BCUT2D eigenvalue weighted by Gasteiger charge is -2.40. The molecule has 2 aliphatic heterocycles. The largest absolute Gasteiger partial charge is 0.490 e. The van der Waals surface area contributed by atoms with Gasteiger partial charge < -0.3 is 10.0 Å². The molecule has 4 rings (SSSR count). The number of amides is 1. The molecule has 1 N–H and O–H groups in total. The second-order valence-electron chi connectivity index (χ2n) is 8.98. The number of likely N-dealkylation sites (tertiary alicyclic amines) is 1. The average Bonchev–Trinajstić information content (AvgIpc) is 3.03. The Morgan fingerprint density at radius 1 is 1.00 bits per heavy atom. The number of carbonyl (C=O) groups excluding carboxylic acids is 1. The number of carboxylic acid groups (broad SMARTS) is 1. The molecule has 2 saturated heterocycles. The number of benzene rings is 2. The van der Waals surface area contributed by atoms with Gasteiger partial charge in [-0.15, -0.1) is 0 Å². The van der Waals surface area contributed by atoms with Crippen LogP contribution in [0.1, 0.15) is 34.3 Å². The number of hydrogen-bond donors (Lipinski definition) is 1. The third-order valence-corrected chi connectivity index (χ3v) is 8.62. The topological polar surface area (TPSA) is 95.0 Å². The fourth-order valence-electron chi connectivity index (χ4n) is 4.66. The highest BCUT2D eigenvalue weighted by Crippen LogP contribution is 2.29. The number of hydrogen-bond acceptors (Lipinski definition) is 5. The lowest BCUT2D eigenvalue weighted by Crippen LogP contribution is -2.56. The molecule has 2 fully saturated rings. The van der Waals surface area contributed by atoms with Crippen molar-refractivity contribution < 1.29 is 36.3 Å². The van der Waals surface area contributed by atoms with E-state index in [4.69, 9.17) is 9.90 Å². The number of alkyl halides is 3. The van der Waals surface area contributed by atoms with Crippen molar-refractivity contribution in [3.63, 3.8) is 0 Å². The van der Waals surface area contributed by atoms with Crippen molar-refractivity contribution in [1.29, 1.82) is 0 Å². The minimum Gasteiger partial charge on any atom is -0.475 e. The van der Waals surface area contributed by atoms with Crippen molar-refractivity contribution >= 4 is 21.7 Å². The van der Waals surface area contributed by atoms with E-state index in [1.165, 1.54) is 11.1 Å². The molecule has 7 nitrogen and oxygen atoms in total. The maximum atomic E-state index is 13.1. The van der Waals surface area contributed by atoms with Crippen LogP contribution in [-0.4, -0.2) is 78.1 Å². The van der Waals surface area contributed by atoms with Crippen molar-refractivity contribution in [1.82, 2.24) is 9.80 Å². The maximum Gasteiger partial charge on any atom is 0.490 e. The molecule has 0 spiro atoms. The molecule has 2 aromatic rings. The summed E-state index contributed by atoms with van der Waals surface area (Å²) in [4.78, 5) is 26.1. The van der Waals surface area contributed by atoms with E-state index in [1.807, 2.05) is 23.1 Å². The van der Waals surface area contributed by atoms with Crippen molar-refractivity contribution in [2.75, 3.05) is 25.4 Å². The lowest BCUT2D eigenvalue weighted by atomic mass is 10.0. The quantitative estimate of drug-likeness (QED) is 0.658. The molecule has 2 aliphatic rings. The van der Waals surface area contributed by atoms with Crippen LogP contribution < -0.4 is 0 Å². The van der Waals surface area contributed by atoms with Gasteiger partial charge in [-0.05, 0) is 44.0 Å². The molecule has 11 heteroatoms. The number of carboxylic acids is 1. The second kappa shape index (κ2) is 11.4. The molecular weight excluding hydrogens is 497 g/mol. The molecule has 0 aromatic heterocycles. The molecule has 0 radical (unpaired) electrons. The van der Waals surface area contributed by atoms with Crippen molar-refractivity contribution in [2.24, 2.45) is 0 Å². The lowest BCUT2D eigenvalue weighted by molar-refractivity contribution is -0.192. The Morgan fingerprint density at radius 3 is 2.25 bits per heavy atom. The van der Waals surface area contributed by atoms with Crippen LogP contribution >= 0.6 is 0 Å². The number of aryl methyl sites for hydroxylation is 1. The maximum absolute atomic E-state index is 13.1. The molecule has 2 aromatic carbocycles. The van der Waals surface area contributed by atoms with E-state index in [0.29, 0.717) is 18.4 Å². The first kappa shape index (κ1) is 27.7. The number of nitrogens with zero attached hydrogens (tertiary/aromatic N) is 2. The Hall–Kier alpha value is -2.92. The van der Waals surface area contributed by atoms with E-state index in [-0.39, 0.29) is 24.2 Å². The summed E-state index contributed by atoms with van der Waals surface area (Å²) in [6.45, 7) is 4.72. The summed E-state index contributed by atoms with van der Waals surface area (Å²) in [7, 11) is -3.18. The van der Waals surface area contributed by atoms with Crippen molar-refractivity contribution in [3.05, 3.63) is 71.3 Å². The Kier molecular flexibility index (Phi) is 8.78. The van der Waals surface area contributed by atoms with Crippen LogP contribution in [0.2, 0.25) is 0 Å². The molecule has 1 amide bonds. The van der Waals surface area contributed by atoms with Crippen LogP contribution in [-0.2, 0) is 21.2 Å². The third-order valence-electron chi connectivity index (χ3n) is 6.39. The first-order valence-corrected chi connectivity index (χ1v) is 13.3. The van der Waals surface area contributed by atoms with Crippen LogP contribution in [0.3, 0.4) is 0 Å². The van der Waals surface area contributed by atoms with E-state index < -0.39 is 27.2 Å². The standard InChI is InChI=1S/C23H28N2O3S.C2HF3O2/c1-18-6-5-7-19(16-18)17-24-12-10-21-22(11-13-24)29(27,28)15-14-25(21)23(26)20-8-3-2-4-9-20;3-2(4,5)1(6)7/h2-9,16,21-22H,10-15,17H2,1H3;(H,6,7)/t21-,22+;/m0./s1. The SMILES string of the molecule is Cc1cccc(CN2CC[C@@H]3[C@H](CC2)N(C(=O)c2ccccc2)CCS3(=O)=O)c1.O=C(O)C(F)(F)F. The van der Waals surface area contributed by atoms with Gasteiger partial charge in [0.1, 0.15) is 0 Å². The van der Waals surface area contributed by atoms with Gasteiger partial charge in [0.2, 0.25) is 0 Å². The van der Waals surface area contributed by atoms with E-state index in [0.717, 1.165) is 19.6 Å². The molecule has 2 heterocycles. The van der Waals surface area contributed by atoms with E-state index in [9.17, 15) is 26.4 Å². The summed E-state index contributed by atoms with van der Waals surface area (Å²) in [6.07, 6.45) is -3.81. The fraction of sp³-hybridized carbons (Fsp3) is 0.440. The van der Waals surface area contributed by atoms with Gasteiger partial charge in [-0.3, -0.25) is 9.69 Å². The Labute approximate surface area is 208 Å². The van der Waals surface area contributed by atoms with E-state index in [2.05, 4.69) is 36.1 Å². The van der Waals surface area contributed by atoms with Gasteiger partial charge in [0.05, 0.1) is 17.0 Å². The van der Waals surface area contributed by atoms with Crippen LogP contribution in [0, 0.1) is 6.92 Å². The van der Waals surface area contributed by atoms with Gasteiger partial charge >= 0.3 is 12.1 Å². The summed E-state index contributed by atoms with van der Waals surface area (Å²) < 4.78 is 57.4. The molecule has 36 heavy (non-hydrogen) atoms. The highest BCUT2D eigenvalue weighted by atomic mass is 32.2. The van der Waals surface area contributed by atoms with Gasteiger partial charge in [0, 0.05) is 25.2 Å². The van der Waals surface area contributed by atoms with Gasteiger partial charge in [-0.2, -0.15) is 13.2 Å². The monoisotopic (exact) mass is 526 g/mol. The normalized spacial score (nSPS) is 21.9. The molecule has 196 valence electrons. The highest BCUT2D eigenvalue weighted by Gasteiger charge is 2.44. The number of rotatable bonds is 3. The van der Waals surface area contributed by atoms with E-state index in [1.54, 1.807) is 12.1 Å². The first-order valence-electron chi connectivity index (χ1n) is 11.5. The molecule has 0 bridgehead atoms. The zero-order valence-corrected chi connectivity index (χ0v) is 20.6. The predicted octanol–water partition coefficient (Wildman–Crippen LogP) is 3.53. The Bertz CT molecular complexity index is 1170. The third kappa shape index (κ3) is 7.07. The van der Waals surface area contributed by atoms with Crippen molar-refractivity contribution in [3.8, 4) is 0 Å². The summed E-state index contributed by atoms with van der Waals surface area (Å²) in [5, 5.41) is 6.66. The van der Waals surface area contributed by atoms with Crippen LogP contribution in [0.15, 0.2) is 54.6 Å². The fourth-order valence-corrected chi connectivity index (χ4v) is 6.64. The summed E-state index contributed by atoms with van der Waals surface area (Å²) in [6, 6.07) is 17.4. The zero-order chi connectivity index (χ0) is 26.5. The number of fused-ring (bicyclic) bond motifs is 1. The molecular formula is C25H29F3N2O5S. The van der Waals surface area contributed by atoms with Crippen LogP contribution in [0.5, 0.6) is 0 Å². The summed E-state index contributed by atoms with van der Waals surface area (Å²) in [5.41, 5.74) is 3.11. The Morgan fingerprint density at radius 2 is 1.64 bits per heavy atom. The summed E-state index contributed by atoms with van der Waals surface area (Å²) >= 11 is 0. The number of aliphatic carboxylic acids is 1. The van der Waals surface area contributed by atoms with Crippen LogP contribution in [0.25, 0.3) is 0 Å². The van der Waals surface area contributed by atoms with E-state index >= 15 is 0 Å².